The Hall–Kier alpha value is -2.01. The Balaban J connectivity index is 1.43. The van der Waals surface area contributed by atoms with Crippen LogP contribution in [-0.4, -0.2) is 34.6 Å². The van der Waals surface area contributed by atoms with Crippen molar-refractivity contribution in [3.05, 3.63) is 41.7 Å². The summed E-state index contributed by atoms with van der Waals surface area (Å²) >= 11 is 0. The van der Waals surface area contributed by atoms with Crippen LogP contribution in [0.1, 0.15) is 49.9 Å². The minimum Gasteiger partial charge on any atom is -0.454 e. The van der Waals surface area contributed by atoms with Crippen LogP contribution in [0, 0.1) is 5.92 Å². The van der Waals surface area contributed by atoms with Gasteiger partial charge in [-0.15, -0.1) is 0 Å². The second kappa shape index (κ2) is 7.70. The van der Waals surface area contributed by atoms with Gasteiger partial charge in [-0.3, -0.25) is 9.58 Å². The summed E-state index contributed by atoms with van der Waals surface area (Å²) in [6.07, 6.45) is 8.26. The third-order valence-corrected chi connectivity index (χ3v) is 5.51. The highest BCUT2D eigenvalue weighted by Gasteiger charge is 2.26. The average molecular weight is 355 g/mol. The molecule has 26 heavy (non-hydrogen) atoms. The Kier molecular flexibility index (Phi) is 5.16. The highest BCUT2D eigenvalue weighted by molar-refractivity contribution is 5.44. The lowest BCUT2D eigenvalue weighted by molar-refractivity contribution is 0.170. The minimum atomic E-state index is 0.341. The van der Waals surface area contributed by atoms with E-state index in [1.54, 1.807) is 0 Å². The topological polar surface area (TPSA) is 39.5 Å². The number of aryl methyl sites for hydroxylation is 1. The number of hydrogen-bond acceptors (Lipinski definition) is 4. The zero-order valence-electron chi connectivity index (χ0n) is 15.9. The van der Waals surface area contributed by atoms with Gasteiger partial charge in [-0.25, -0.2) is 0 Å². The third kappa shape index (κ3) is 3.88. The van der Waals surface area contributed by atoms with Gasteiger partial charge in [0.1, 0.15) is 0 Å². The third-order valence-electron chi connectivity index (χ3n) is 5.51. The van der Waals surface area contributed by atoms with Crippen LogP contribution in [0.15, 0.2) is 30.5 Å². The van der Waals surface area contributed by atoms with E-state index >= 15 is 0 Å². The molecular weight excluding hydrogens is 326 g/mol. The predicted molar refractivity (Wildman–Crippen MR) is 101 cm³/mol. The Morgan fingerprint density at radius 3 is 2.88 bits per heavy atom. The van der Waals surface area contributed by atoms with Crippen LogP contribution in [-0.2, 0) is 13.5 Å². The largest absolute Gasteiger partial charge is 0.454 e. The molecule has 1 aromatic carbocycles. The summed E-state index contributed by atoms with van der Waals surface area (Å²) in [4.78, 5) is 2.66. The smallest absolute Gasteiger partial charge is 0.231 e. The van der Waals surface area contributed by atoms with E-state index in [0.29, 0.717) is 18.8 Å². The number of ether oxygens (including phenoxy) is 2. The van der Waals surface area contributed by atoms with Crippen LogP contribution in [0.3, 0.4) is 0 Å². The number of fused-ring (bicyclic) bond motifs is 1. The Morgan fingerprint density at radius 2 is 2.04 bits per heavy atom. The standard InChI is InChI=1S/C21H29N3O2/c1-16(12-17-7-8-20-21(13-17)26-15-25-20)14-24-10-5-3-4-6-19(24)18-9-11-23(2)22-18/h7-9,11,13,16,19H,3-6,10,12,14-15H2,1-2H3/t16-,19-/m0/s1. The normalized spacial score (nSPS) is 21.5. The lowest BCUT2D eigenvalue weighted by atomic mass is 9.98. The molecule has 0 bridgehead atoms. The summed E-state index contributed by atoms with van der Waals surface area (Å²) in [5.74, 6) is 2.33. The molecular formula is C21H29N3O2. The summed E-state index contributed by atoms with van der Waals surface area (Å²) in [5, 5.41) is 4.70. The molecule has 4 rings (SSSR count). The van der Waals surface area contributed by atoms with Gasteiger partial charge >= 0.3 is 0 Å². The van der Waals surface area contributed by atoms with E-state index in [9.17, 15) is 0 Å². The van der Waals surface area contributed by atoms with Crippen LogP contribution in [0.25, 0.3) is 0 Å². The summed E-state index contributed by atoms with van der Waals surface area (Å²) in [7, 11) is 2.01. The molecule has 0 saturated carbocycles. The zero-order chi connectivity index (χ0) is 17.9. The van der Waals surface area contributed by atoms with Crippen molar-refractivity contribution in [2.45, 2.75) is 45.1 Å². The molecule has 3 heterocycles. The summed E-state index contributed by atoms with van der Waals surface area (Å²) < 4.78 is 12.9. The molecule has 2 aliphatic heterocycles. The van der Waals surface area contributed by atoms with Gasteiger partial charge in [-0.2, -0.15) is 5.10 Å². The number of benzene rings is 1. The Morgan fingerprint density at radius 1 is 1.15 bits per heavy atom. The molecule has 0 spiro atoms. The molecule has 0 amide bonds. The fourth-order valence-corrected chi connectivity index (χ4v) is 4.27. The first kappa shape index (κ1) is 17.4. The first-order valence-corrected chi connectivity index (χ1v) is 9.81. The quantitative estimate of drug-likeness (QED) is 0.814. The van der Waals surface area contributed by atoms with E-state index < -0.39 is 0 Å². The lowest BCUT2D eigenvalue weighted by Crippen LogP contribution is -2.33. The Bertz CT molecular complexity index is 743. The second-order valence-electron chi connectivity index (χ2n) is 7.77. The number of hydrogen-bond donors (Lipinski definition) is 0. The molecule has 2 aliphatic rings. The van der Waals surface area contributed by atoms with Gasteiger partial charge in [0.2, 0.25) is 6.79 Å². The molecule has 1 aromatic heterocycles. The van der Waals surface area contributed by atoms with E-state index in [0.717, 1.165) is 24.5 Å². The van der Waals surface area contributed by atoms with Gasteiger partial charge in [0, 0.05) is 19.8 Å². The molecule has 1 saturated heterocycles. The summed E-state index contributed by atoms with van der Waals surface area (Å²) in [6.45, 7) is 4.97. The highest BCUT2D eigenvalue weighted by Crippen LogP contribution is 2.34. The molecule has 5 heteroatoms. The van der Waals surface area contributed by atoms with Crippen molar-refractivity contribution in [1.82, 2.24) is 14.7 Å². The van der Waals surface area contributed by atoms with Crippen molar-refractivity contribution in [2.24, 2.45) is 13.0 Å². The second-order valence-corrected chi connectivity index (χ2v) is 7.77. The zero-order valence-corrected chi connectivity index (χ0v) is 15.9. The van der Waals surface area contributed by atoms with Gasteiger partial charge in [-0.05, 0) is 55.5 Å². The first-order valence-electron chi connectivity index (χ1n) is 9.81. The van der Waals surface area contributed by atoms with Crippen molar-refractivity contribution in [3.8, 4) is 11.5 Å². The van der Waals surface area contributed by atoms with E-state index in [1.165, 1.54) is 43.5 Å². The van der Waals surface area contributed by atoms with Crippen molar-refractivity contribution in [2.75, 3.05) is 19.9 Å². The number of rotatable bonds is 5. The average Bonchev–Trinajstić information content (AvgIpc) is 3.19. The maximum atomic E-state index is 5.52. The van der Waals surface area contributed by atoms with Crippen molar-refractivity contribution >= 4 is 0 Å². The lowest BCUT2D eigenvalue weighted by Gasteiger charge is -2.31. The molecule has 2 atom stereocenters. The maximum absolute atomic E-state index is 5.52. The van der Waals surface area contributed by atoms with Gasteiger partial charge in [0.25, 0.3) is 0 Å². The Labute approximate surface area is 155 Å². The molecule has 0 unspecified atom stereocenters. The molecule has 0 radical (unpaired) electrons. The fourth-order valence-electron chi connectivity index (χ4n) is 4.27. The minimum absolute atomic E-state index is 0.341. The number of aromatic nitrogens is 2. The maximum Gasteiger partial charge on any atom is 0.231 e. The number of nitrogens with zero attached hydrogens (tertiary/aromatic N) is 3. The van der Waals surface area contributed by atoms with Crippen LogP contribution >= 0.6 is 0 Å². The predicted octanol–water partition coefficient (Wildman–Crippen LogP) is 3.94. The summed E-state index contributed by atoms with van der Waals surface area (Å²) in [5.41, 5.74) is 2.55. The molecule has 1 fully saturated rings. The molecule has 0 N–H and O–H groups in total. The van der Waals surface area contributed by atoms with Crippen LogP contribution < -0.4 is 9.47 Å². The fraction of sp³-hybridized carbons (Fsp3) is 0.571. The van der Waals surface area contributed by atoms with Crippen molar-refractivity contribution in [3.63, 3.8) is 0 Å². The molecule has 5 nitrogen and oxygen atoms in total. The van der Waals surface area contributed by atoms with E-state index in [2.05, 4.69) is 36.2 Å². The molecule has 0 aliphatic carbocycles. The van der Waals surface area contributed by atoms with Crippen LogP contribution in [0.5, 0.6) is 11.5 Å². The molecule has 2 aromatic rings. The first-order chi connectivity index (χ1) is 12.7. The summed E-state index contributed by atoms with van der Waals surface area (Å²) in [6, 6.07) is 8.98. The van der Waals surface area contributed by atoms with Crippen LogP contribution in [0.2, 0.25) is 0 Å². The van der Waals surface area contributed by atoms with Gasteiger partial charge in [0.05, 0.1) is 11.7 Å². The molecule has 140 valence electrons. The van der Waals surface area contributed by atoms with E-state index in [4.69, 9.17) is 14.6 Å². The van der Waals surface area contributed by atoms with Crippen molar-refractivity contribution < 1.29 is 9.47 Å². The highest BCUT2D eigenvalue weighted by atomic mass is 16.7. The monoisotopic (exact) mass is 355 g/mol. The van der Waals surface area contributed by atoms with E-state index in [1.807, 2.05) is 17.8 Å². The van der Waals surface area contributed by atoms with Gasteiger partial charge in [-0.1, -0.05) is 25.8 Å². The van der Waals surface area contributed by atoms with Gasteiger partial charge in [0.15, 0.2) is 11.5 Å². The SMILES string of the molecule is C[C@@H](Cc1ccc2c(c1)OCO2)CN1CCCCC[C@H]1c1ccn(C)n1. The number of likely N-dealkylation sites (tertiary alicyclic amines) is 1. The van der Waals surface area contributed by atoms with Gasteiger partial charge < -0.3 is 9.47 Å². The van der Waals surface area contributed by atoms with E-state index in [-0.39, 0.29) is 0 Å². The van der Waals surface area contributed by atoms with Crippen LogP contribution in [0.4, 0.5) is 0 Å². The van der Waals surface area contributed by atoms with Crippen molar-refractivity contribution in [1.29, 1.82) is 0 Å².